The molecule has 4 nitrogen and oxygen atoms in total. The molecule has 1 N–H and O–H groups in total. The molecule has 0 aliphatic heterocycles. The van der Waals surface area contributed by atoms with E-state index in [0.717, 1.165) is 22.2 Å². The van der Waals surface area contributed by atoms with Crippen molar-refractivity contribution in [3.8, 4) is 5.75 Å². The first-order valence-corrected chi connectivity index (χ1v) is 7.17. The molecule has 1 heterocycles. The summed E-state index contributed by atoms with van der Waals surface area (Å²) in [6.07, 6.45) is 0. The van der Waals surface area contributed by atoms with Gasteiger partial charge in [0.15, 0.2) is 0 Å². The SMILES string of the molecule is COc1ccc2c(CNc3ccc(F)cc3C)cc(=O)oc2c1. The minimum Gasteiger partial charge on any atom is -0.497 e. The molecule has 118 valence electrons. The molecule has 0 atom stereocenters. The van der Waals surface area contributed by atoms with E-state index in [1.807, 2.05) is 19.1 Å². The summed E-state index contributed by atoms with van der Waals surface area (Å²) in [5, 5.41) is 4.06. The first-order valence-electron chi connectivity index (χ1n) is 7.17. The Kier molecular flexibility index (Phi) is 4.02. The average molecular weight is 313 g/mol. The molecule has 1 aromatic heterocycles. The molecule has 3 rings (SSSR count). The second-order valence-electron chi connectivity index (χ2n) is 5.27. The van der Waals surface area contributed by atoms with E-state index in [9.17, 15) is 9.18 Å². The van der Waals surface area contributed by atoms with Crippen LogP contribution >= 0.6 is 0 Å². The molecular formula is C18H16FNO3. The van der Waals surface area contributed by atoms with Crippen LogP contribution in [-0.2, 0) is 6.54 Å². The molecule has 2 aromatic carbocycles. The Bertz CT molecular complexity index is 918. The van der Waals surface area contributed by atoms with Crippen molar-refractivity contribution in [2.45, 2.75) is 13.5 Å². The van der Waals surface area contributed by atoms with Gasteiger partial charge in [0.1, 0.15) is 17.1 Å². The lowest BCUT2D eigenvalue weighted by Crippen LogP contribution is -2.06. The number of methoxy groups -OCH3 is 1. The van der Waals surface area contributed by atoms with Gasteiger partial charge in [-0.05, 0) is 48.4 Å². The van der Waals surface area contributed by atoms with Crippen LogP contribution in [0.4, 0.5) is 10.1 Å². The standard InChI is InChI=1S/C18H16FNO3/c1-11-7-13(19)3-6-16(11)20-10-12-8-18(21)23-17-9-14(22-2)4-5-15(12)17/h3-9,20H,10H2,1-2H3. The molecule has 0 aliphatic rings. The summed E-state index contributed by atoms with van der Waals surface area (Å²) in [5.74, 6) is 0.353. The van der Waals surface area contributed by atoms with Crippen LogP contribution in [0.15, 0.2) is 51.7 Å². The minimum atomic E-state index is -0.418. The van der Waals surface area contributed by atoms with Gasteiger partial charge >= 0.3 is 5.63 Å². The molecule has 5 heteroatoms. The van der Waals surface area contributed by atoms with Gasteiger partial charge in [0.2, 0.25) is 0 Å². The number of hydrogen-bond donors (Lipinski definition) is 1. The van der Waals surface area contributed by atoms with Crippen LogP contribution in [0.3, 0.4) is 0 Å². The number of benzene rings is 2. The van der Waals surface area contributed by atoms with E-state index in [0.29, 0.717) is 17.9 Å². The lowest BCUT2D eigenvalue weighted by molar-refractivity contribution is 0.414. The molecule has 0 unspecified atom stereocenters. The topological polar surface area (TPSA) is 51.5 Å². The number of rotatable bonds is 4. The van der Waals surface area contributed by atoms with Crippen LogP contribution in [0.2, 0.25) is 0 Å². The molecule has 0 amide bonds. The maximum atomic E-state index is 13.2. The van der Waals surface area contributed by atoms with Crippen LogP contribution in [0.1, 0.15) is 11.1 Å². The van der Waals surface area contributed by atoms with E-state index in [1.54, 1.807) is 19.2 Å². The predicted octanol–water partition coefficient (Wildman–Crippen LogP) is 3.86. The number of fused-ring (bicyclic) bond motifs is 1. The maximum Gasteiger partial charge on any atom is 0.336 e. The molecule has 23 heavy (non-hydrogen) atoms. The zero-order valence-electron chi connectivity index (χ0n) is 12.9. The number of halogens is 1. The van der Waals surface area contributed by atoms with Crippen molar-refractivity contribution in [2.75, 3.05) is 12.4 Å². The smallest absolute Gasteiger partial charge is 0.336 e. The molecule has 3 aromatic rings. The van der Waals surface area contributed by atoms with Crippen molar-refractivity contribution in [1.29, 1.82) is 0 Å². The van der Waals surface area contributed by atoms with E-state index >= 15 is 0 Å². The van der Waals surface area contributed by atoms with Gasteiger partial charge in [-0.25, -0.2) is 9.18 Å². The Hall–Kier alpha value is -2.82. The van der Waals surface area contributed by atoms with Crippen molar-refractivity contribution in [3.63, 3.8) is 0 Å². The Labute approximate surface area is 132 Å². The second kappa shape index (κ2) is 6.12. The maximum absolute atomic E-state index is 13.2. The first kappa shape index (κ1) is 15.1. The molecule has 0 aliphatic carbocycles. The Morgan fingerprint density at radius 2 is 2.00 bits per heavy atom. The zero-order valence-corrected chi connectivity index (χ0v) is 12.9. The van der Waals surface area contributed by atoms with Gasteiger partial charge in [-0.15, -0.1) is 0 Å². The lowest BCUT2D eigenvalue weighted by atomic mass is 10.1. The molecule has 0 radical (unpaired) electrons. The van der Waals surface area contributed by atoms with Gasteiger partial charge in [-0.1, -0.05) is 0 Å². The fourth-order valence-corrected chi connectivity index (χ4v) is 2.50. The first-order chi connectivity index (χ1) is 11.1. The molecule has 0 spiro atoms. The van der Waals surface area contributed by atoms with Crippen molar-refractivity contribution in [2.24, 2.45) is 0 Å². The highest BCUT2D eigenvalue weighted by Gasteiger charge is 2.08. The molecule has 0 saturated heterocycles. The molecule has 0 fully saturated rings. The third kappa shape index (κ3) is 3.18. The highest BCUT2D eigenvalue weighted by molar-refractivity contribution is 5.81. The fraction of sp³-hybridized carbons (Fsp3) is 0.167. The third-order valence-corrected chi connectivity index (χ3v) is 3.70. The summed E-state index contributed by atoms with van der Waals surface area (Å²) < 4.78 is 23.5. The van der Waals surface area contributed by atoms with Gasteiger partial charge in [0.05, 0.1) is 7.11 Å². The third-order valence-electron chi connectivity index (χ3n) is 3.70. The zero-order chi connectivity index (χ0) is 16.4. The van der Waals surface area contributed by atoms with Gasteiger partial charge in [0.25, 0.3) is 0 Å². The van der Waals surface area contributed by atoms with Gasteiger partial charge < -0.3 is 14.5 Å². The number of hydrogen-bond acceptors (Lipinski definition) is 4. The monoisotopic (exact) mass is 313 g/mol. The van der Waals surface area contributed by atoms with Crippen LogP contribution in [-0.4, -0.2) is 7.11 Å². The number of ether oxygens (including phenoxy) is 1. The van der Waals surface area contributed by atoms with Crippen LogP contribution in [0.5, 0.6) is 5.75 Å². The number of anilines is 1. The lowest BCUT2D eigenvalue weighted by Gasteiger charge is -2.11. The molecule has 0 saturated carbocycles. The van der Waals surface area contributed by atoms with E-state index in [4.69, 9.17) is 9.15 Å². The average Bonchev–Trinajstić information content (AvgIpc) is 2.53. The van der Waals surface area contributed by atoms with Crippen LogP contribution in [0.25, 0.3) is 11.0 Å². The summed E-state index contributed by atoms with van der Waals surface area (Å²) >= 11 is 0. The second-order valence-corrected chi connectivity index (χ2v) is 5.27. The predicted molar refractivity (Wildman–Crippen MR) is 87.5 cm³/mol. The van der Waals surface area contributed by atoms with Crippen molar-refractivity contribution >= 4 is 16.7 Å². The van der Waals surface area contributed by atoms with Gasteiger partial charge in [-0.3, -0.25) is 0 Å². The summed E-state index contributed by atoms with van der Waals surface area (Å²) in [6.45, 7) is 2.26. The number of aryl methyl sites for hydroxylation is 1. The quantitative estimate of drug-likeness (QED) is 0.743. The Balaban J connectivity index is 1.94. The molecular weight excluding hydrogens is 297 g/mol. The highest BCUT2D eigenvalue weighted by Crippen LogP contribution is 2.24. The number of nitrogens with one attached hydrogen (secondary N) is 1. The van der Waals surface area contributed by atoms with Gasteiger partial charge in [-0.2, -0.15) is 0 Å². The van der Waals surface area contributed by atoms with Crippen molar-refractivity contribution in [3.05, 3.63) is 69.8 Å². The van der Waals surface area contributed by atoms with Crippen molar-refractivity contribution < 1.29 is 13.5 Å². The minimum absolute atomic E-state index is 0.272. The Morgan fingerprint density at radius 3 is 2.74 bits per heavy atom. The Morgan fingerprint density at radius 1 is 1.17 bits per heavy atom. The summed E-state index contributed by atoms with van der Waals surface area (Å²) in [4.78, 5) is 11.7. The van der Waals surface area contributed by atoms with Crippen molar-refractivity contribution in [1.82, 2.24) is 0 Å². The molecule has 0 bridgehead atoms. The normalized spacial score (nSPS) is 10.7. The van der Waals surface area contributed by atoms with E-state index in [2.05, 4.69) is 5.32 Å². The largest absolute Gasteiger partial charge is 0.497 e. The summed E-state index contributed by atoms with van der Waals surface area (Å²) in [5.41, 5.74) is 2.49. The van der Waals surface area contributed by atoms with Crippen LogP contribution in [0, 0.1) is 12.7 Å². The van der Waals surface area contributed by atoms with E-state index in [-0.39, 0.29) is 5.82 Å². The highest BCUT2D eigenvalue weighted by atomic mass is 19.1. The van der Waals surface area contributed by atoms with E-state index in [1.165, 1.54) is 18.2 Å². The van der Waals surface area contributed by atoms with Crippen LogP contribution < -0.4 is 15.7 Å². The van der Waals surface area contributed by atoms with Gasteiger partial charge in [0, 0.05) is 29.8 Å². The summed E-state index contributed by atoms with van der Waals surface area (Å²) in [6, 6.07) is 11.4. The fourth-order valence-electron chi connectivity index (χ4n) is 2.50. The summed E-state index contributed by atoms with van der Waals surface area (Å²) in [7, 11) is 1.56. The van der Waals surface area contributed by atoms with E-state index < -0.39 is 5.63 Å².